The second kappa shape index (κ2) is 17.3. The normalized spacial score (nSPS) is 13.0. The van der Waals surface area contributed by atoms with Crippen molar-refractivity contribution in [1.82, 2.24) is 0 Å². The first kappa shape index (κ1) is 22.5. The molecule has 2 unspecified atom stereocenters. The number of carbonyl (C=O) groups is 1. The summed E-state index contributed by atoms with van der Waals surface area (Å²) in [6.45, 7) is 9.86. The van der Waals surface area contributed by atoms with Crippen molar-refractivity contribution in [2.45, 2.75) is 79.1 Å². The summed E-state index contributed by atoms with van der Waals surface area (Å²) in [5.74, 6) is 1.19. The summed E-state index contributed by atoms with van der Waals surface area (Å²) >= 11 is 0. The Kier molecular flexibility index (Phi) is 18.5. The van der Waals surface area contributed by atoms with Gasteiger partial charge in [0, 0.05) is 0 Å². The van der Waals surface area contributed by atoms with E-state index in [2.05, 4.69) is 32.4 Å². The summed E-state index contributed by atoms with van der Waals surface area (Å²) in [5, 5.41) is 8.26. The SMILES string of the molecule is CCCCC(CC)CN.CCCCC(CC)COC(=O)O. The van der Waals surface area contributed by atoms with Gasteiger partial charge in [0.25, 0.3) is 0 Å². The molecule has 0 aliphatic carbocycles. The van der Waals surface area contributed by atoms with Gasteiger partial charge in [0.05, 0.1) is 6.61 Å². The molecule has 0 bridgehead atoms. The molecular weight excluding hydrogens is 266 g/mol. The highest BCUT2D eigenvalue weighted by molar-refractivity contribution is 5.56. The summed E-state index contributed by atoms with van der Waals surface area (Å²) in [6.07, 6.45) is 8.43. The molecule has 21 heavy (non-hydrogen) atoms. The molecule has 0 amide bonds. The molecule has 0 aromatic rings. The van der Waals surface area contributed by atoms with Crippen LogP contribution in [0, 0.1) is 11.8 Å². The molecule has 3 N–H and O–H groups in total. The van der Waals surface area contributed by atoms with Crippen molar-refractivity contribution in [3.63, 3.8) is 0 Å². The molecule has 0 aliphatic rings. The van der Waals surface area contributed by atoms with Gasteiger partial charge in [0.2, 0.25) is 0 Å². The van der Waals surface area contributed by atoms with E-state index in [4.69, 9.17) is 10.8 Å². The van der Waals surface area contributed by atoms with Gasteiger partial charge in [-0.05, 0) is 31.2 Å². The van der Waals surface area contributed by atoms with Crippen molar-refractivity contribution in [1.29, 1.82) is 0 Å². The van der Waals surface area contributed by atoms with Crippen molar-refractivity contribution in [2.24, 2.45) is 17.6 Å². The fourth-order valence-corrected chi connectivity index (χ4v) is 2.07. The lowest BCUT2D eigenvalue weighted by Crippen LogP contribution is -2.12. The Bertz CT molecular complexity index is 218. The van der Waals surface area contributed by atoms with Crippen molar-refractivity contribution in [3.8, 4) is 0 Å². The van der Waals surface area contributed by atoms with Gasteiger partial charge >= 0.3 is 6.16 Å². The molecule has 4 heteroatoms. The molecule has 0 fully saturated rings. The average Bonchev–Trinajstić information content (AvgIpc) is 2.49. The van der Waals surface area contributed by atoms with Gasteiger partial charge in [-0.1, -0.05) is 66.2 Å². The second-order valence-corrected chi connectivity index (χ2v) is 5.65. The Morgan fingerprint density at radius 3 is 1.81 bits per heavy atom. The van der Waals surface area contributed by atoms with Crippen LogP contribution in [0.15, 0.2) is 0 Å². The molecule has 0 rings (SSSR count). The predicted octanol–water partition coefficient (Wildman–Crippen LogP) is 5.06. The molecule has 0 spiro atoms. The zero-order valence-corrected chi connectivity index (χ0v) is 14.6. The van der Waals surface area contributed by atoms with E-state index < -0.39 is 6.16 Å². The molecule has 0 aromatic heterocycles. The summed E-state index contributed by atoms with van der Waals surface area (Å²) in [5.41, 5.74) is 5.52. The summed E-state index contributed by atoms with van der Waals surface area (Å²) in [7, 11) is 0. The average molecular weight is 303 g/mol. The van der Waals surface area contributed by atoms with E-state index in [-0.39, 0.29) is 0 Å². The van der Waals surface area contributed by atoms with Gasteiger partial charge in [-0.25, -0.2) is 4.79 Å². The van der Waals surface area contributed by atoms with Crippen molar-refractivity contribution >= 4 is 6.16 Å². The van der Waals surface area contributed by atoms with Gasteiger partial charge < -0.3 is 15.6 Å². The van der Waals surface area contributed by atoms with Gasteiger partial charge in [-0.15, -0.1) is 0 Å². The Morgan fingerprint density at radius 1 is 1.00 bits per heavy atom. The Balaban J connectivity index is 0. The van der Waals surface area contributed by atoms with Crippen LogP contribution in [0.5, 0.6) is 0 Å². The van der Waals surface area contributed by atoms with Crippen molar-refractivity contribution < 1.29 is 14.6 Å². The molecule has 0 saturated heterocycles. The molecular formula is C17H37NO3. The lowest BCUT2D eigenvalue weighted by molar-refractivity contribution is 0.0744. The van der Waals surface area contributed by atoms with Crippen LogP contribution in [-0.2, 0) is 4.74 Å². The fraction of sp³-hybridized carbons (Fsp3) is 0.941. The first-order valence-corrected chi connectivity index (χ1v) is 8.61. The third-order valence-electron chi connectivity index (χ3n) is 3.86. The van der Waals surface area contributed by atoms with Crippen LogP contribution in [-0.4, -0.2) is 24.4 Å². The maximum Gasteiger partial charge on any atom is 0.505 e. The predicted molar refractivity (Wildman–Crippen MR) is 89.6 cm³/mol. The molecule has 4 nitrogen and oxygen atoms in total. The number of nitrogens with two attached hydrogens (primary N) is 1. The molecule has 128 valence electrons. The highest BCUT2D eigenvalue weighted by atomic mass is 16.7. The first-order valence-electron chi connectivity index (χ1n) is 8.61. The zero-order chi connectivity index (χ0) is 16.5. The lowest BCUT2D eigenvalue weighted by Gasteiger charge is -2.12. The number of hydrogen-bond acceptors (Lipinski definition) is 3. The van der Waals surface area contributed by atoms with E-state index in [1.807, 2.05) is 0 Å². The van der Waals surface area contributed by atoms with Crippen LogP contribution in [0.25, 0.3) is 0 Å². The maximum absolute atomic E-state index is 10.1. The summed E-state index contributed by atoms with van der Waals surface area (Å²) < 4.78 is 4.51. The standard InChI is InChI=1S/C9H18O3.C8H19N/c1-3-5-6-8(4-2)7-12-9(10)11;1-3-5-6-8(4-2)7-9/h8H,3-7H2,1-2H3,(H,10,11);8H,3-7,9H2,1-2H3. The lowest BCUT2D eigenvalue weighted by atomic mass is 10.00. The molecule has 0 heterocycles. The zero-order valence-electron chi connectivity index (χ0n) is 14.6. The summed E-state index contributed by atoms with van der Waals surface area (Å²) in [4.78, 5) is 10.1. The number of hydrogen-bond donors (Lipinski definition) is 2. The number of carboxylic acid groups (broad SMARTS) is 1. The maximum atomic E-state index is 10.1. The Labute approximate surface area is 131 Å². The quantitative estimate of drug-likeness (QED) is 0.523. The van der Waals surface area contributed by atoms with E-state index >= 15 is 0 Å². The molecule has 0 aliphatic heterocycles. The van der Waals surface area contributed by atoms with Gasteiger partial charge in [0.15, 0.2) is 0 Å². The van der Waals surface area contributed by atoms with Crippen LogP contribution in [0.1, 0.15) is 79.1 Å². The number of unbranched alkanes of at least 4 members (excludes halogenated alkanes) is 2. The van der Waals surface area contributed by atoms with Gasteiger partial charge in [-0.3, -0.25) is 0 Å². The number of ether oxygens (including phenoxy) is 1. The third-order valence-corrected chi connectivity index (χ3v) is 3.86. The molecule has 0 saturated carbocycles. The third kappa shape index (κ3) is 17.2. The largest absolute Gasteiger partial charge is 0.505 e. The van der Waals surface area contributed by atoms with E-state index in [9.17, 15) is 4.79 Å². The highest BCUT2D eigenvalue weighted by Gasteiger charge is 2.08. The minimum Gasteiger partial charge on any atom is -0.450 e. The van der Waals surface area contributed by atoms with Crippen LogP contribution >= 0.6 is 0 Å². The van der Waals surface area contributed by atoms with E-state index in [1.54, 1.807) is 0 Å². The smallest absolute Gasteiger partial charge is 0.450 e. The van der Waals surface area contributed by atoms with Crippen LogP contribution in [0.4, 0.5) is 4.79 Å². The van der Waals surface area contributed by atoms with Crippen LogP contribution in [0.2, 0.25) is 0 Å². The van der Waals surface area contributed by atoms with E-state index in [1.165, 1.54) is 25.7 Å². The van der Waals surface area contributed by atoms with E-state index in [0.717, 1.165) is 38.1 Å². The number of rotatable bonds is 11. The highest BCUT2D eigenvalue weighted by Crippen LogP contribution is 2.12. The first-order chi connectivity index (χ1) is 10.0. The monoisotopic (exact) mass is 303 g/mol. The van der Waals surface area contributed by atoms with Gasteiger partial charge in [0.1, 0.15) is 0 Å². The van der Waals surface area contributed by atoms with Crippen LogP contribution < -0.4 is 5.73 Å². The fourth-order valence-electron chi connectivity index (χ4n) is 2.07. The Morgan fingerprint density at radius 2 is 1.48 bits per heavy atom. The van der Waals surface area contributed by atoms with Gasteiger partial charge in [-0.2, -0.15) is 0 Å². The molecule has 0 radical (unpaired) electrons. The topological polar surface area (TPSA) is 72.5 Å². The minimum absolute atomic E-state index is 0.353. The van der Waals surface area contributed by atoms with Crippen molar-refractivity contribution in [3.05, 3.63) is 0 Å². The van der Waals surface area contributed by atoms with E-state index in [0.29, 0.717) is 12.5 Å². The van der Waals surface area contributed by atoms with Crippen LogP contribution in [0.3, 0.4) is 0 Å². The summed E-state index contributed by atoms with van der Waals surface area (Å²) in [6, 6.07) is 0. The molecule has 0 aromatic carbocycles. The Hall–Kier alpha value is -0.770. The van der Waals surface area contributed by atoms with Crippen molar-refractivity contribution in [2.75, 3.05) is 13.2 Å². The minimum atomic E-state index is -1.16. The second-order valence-electron chi connectivity index (χ2n) is 5.65. The molecule has 2 atom stereocenters.